The van der Waals surface area contributed by atoms with E-state index in [-0.39, 0.29) is 6.42 Å². The minimum absolute atomic E-state index is 0.272. The molecule has 1 saturated carbocycles. The van der Waals surface area contributed by atoms with Crippen LogP contribution in [-0.4, -0.2) is 23.8 Å². The molecule has 0 radical (unpaired) electrons. The molecule has 14 heavy (non-hydrogen) atoms. The van der Waals surface area contributed by atoms with E-state index in [4.69, 9.17) is 9.84 Å². The highest BCUT2D eigenvalue weighted by atomic mass is 16.5. The van der Waals surface area contributed by atoms with Crippen LogP contribution in [0.25, 0.3) is 0 Å². The number of rotatable bonds is 6. The van der Waals surface area contributed by atoms with Crippen molar-refractivity contribution in [2.45, 2.75) is 57.5 Å². The standard InChI is InChI=1S/C11H20O3/c12-11(13)8-4-5-9-14-10-6-2-1-3-7-10/h10H,1-9H2,(H,12,13). The van der Waals surface area contributed by atoms with Gasteiger partial charge in [-0.05, 0) is 25.7 Å². The van der Waals surface area contributed by atoms with Gasteiger partial charge in [-0.25, -0.2) is 0 Å². The first-order valence-electron chi connectivity index (χ1n) is 5.62. The van der Waals surface area contributed by atoms with Crippen LogP contribution in [0.5, 0.6) is 0 Å². The Labute approximate surface area is 85.5 Å². The minimum atomic E-state index is -0.706. The Bertz CT molecular complexity index is 162. The molecule has 0 bridgehead atoms. The van der Waals surface area contributed by atoms with E-state index in [1.165, 1.54) is 32.1 Å². The number of ether oxygens (including phenoxy) is 1. The van der Waals surface area contributed by atoms with E-state index in [0.29, 0.717) is 6.10 Å². The Morgan fingerprint density at radius 1 is 1.21 bits per heavy atom. The second kappa shape index (κ2) is 6.82. The molecule has 1 rings (SSSR count). The van der Waals surface area contributed by atoms with E-state index in [2.05, 4.69) is 0 Å². The molecule has 1 N–H and O–H groups in total. The number of carboxylic acid groups (broad SMARTS) is 1. The first-order chi connectivity index (χ1) is 6.79. The lowest BCUT2D eigenvalue weighted by molar-refractivity contribution is -0.137. The van der Waals surface area contributed by atoms with Gasteiger partial charge in [0.05, 0.1) is 6.10 Å². The SMILES string of the molecule is O=C(O)CCCCOC1CCCCC1. The summed E-state index contributed by atoms with van der Waals surface area (Å²) in [6.45, 7) is 0.734. The average molecular weight is 200 g/mol. The van der Waals surface area contributed by atoms with Gasteiger partial charge in [-0.15, -0.1) is 0 Å². The summed E-state index contributed by atoms with van der Waals surface area (Å²) in [5, 5.41) is 8.42. The normalized spacial score (nSPS) is 18.3. The van der Waals surface area contributed by atoms with E-state index in [0.717, 1.165) is 19.4 Å². The monoisotopic (exact) mass is 200 g/mol. The van der Waals surface area contributed by atoms with Crippen molar-refractivity contribution in [3.05, 3.63) is 0 Å². The summed E-state index contributed by atoms with van der Waals surface area (Å²) in [5.41, 5.74) is 0. The fourth-order valence-electron chi connectivity index (χ4n) is 1.86. The second-order valence-electron chi connectivity index (χ2n) is 3.98. The molecule has 0 aromatic carbocycles. The number of hydrogen-bond acceptors (Lipinski definition) is 2. The molecule has 1 aliphatic rings. The predicted octanol–water partition coefficient (Wildman–Crippen LogP) is 2.59. The Hall–Kier alpha value is -0.570. The zero-order valence-electron chi connectivity index (χ0n) is 8.71. The maximum atomic E-state index is 10.2. The molecule has 0 atom stereocenters. The fourth-order valence-corrected chi connectivity index (χ4v) is 1.86. The third kappa shape index (κ3) is 5.22. The van der Waals surface area contributed by atoms with E-state index >= 15 is 0 Å². The van der Waals surface area contributed by atoms with Crippen LogP contribution >= 0.6 is 0 Å². The summed E-state index contributed by atoms with van der Waals surface area (Å²) < 4.78 is 5.67. The molecule has 1 fully saturated rings. The molecular weight excluding hydrogens is 180 g/mol. The molecule has 1 aliphatic carbocycles. The summed E-state index contributed by atoms with van der Waals surface area (Å²) >= 11 is 0. The Morgan fingerprint density at radius 3 is 2.57 bits per heavy atom. The van der Waals surface area contributed by atoms with Crippen LogP contribution in [0.2, 0.25) is 0 Å². The van der Waals surface area contributed by atoms with Crippen molar-refractivity contribution >= 4 is 5.97 Å². The van der Waals surface area contributed by atoms with Crippen molar-refractivity contribution in [3.63, 3.8) is 0 Å². The lowest BCUT2D eigenvalue weighted by atomic mass is 9.98. The Kier molecular flexibility index (Phi) is 5.60. The number of aliphatic carboxylic acids is 1. The molecule has 0 heterocycles. The van der Waals surface area contributed by atoms with Crippen molar-refractivity contribution in [3.8, 4) is 0 Å². The van der Waals surface area contributed by atoms with Crippen LogP contribution in [0.4, 0.5) is 0 Å². The molecule has 0 spiro atoms. The highest BCUT2D eigenvalue weighted by Crippen LogP contribution is 2.20. The molecule has 0 aromatic heterocycles. The molecule has 0 aliphatic heterocycles. The van der Waals surface area contributed by atoms with Crippen LogP contribution in [0, 0.1) is 0 Å². The minimum Gasteiger partial charge on any atom is -0.481 e. The van der Waals surface area contributed by atoms with Gasteiger partial charge in [-0.3, -0.25) is 4.79 Å². The smallest absolute Gasteiger partial charge is 0.303 e. The van der Waals surface area contributed by atoms with Crippen LogP contribution in [0.3, 0.4) is 0 Å². The Morgan fingerprint density at radius 2 is 1.93 bits per heavy atom. The maximum absolute atomic E-state index is 10.2. The van der Waals surface area contributed by atoms with Gasteiger partial charge < -0.3 is 9.84 Å². The zero-order valence-corrected chi connectivity index (χ0v) is 8.71. The lowest BCUT2D eigenvalue weighted by Crippen LogP contribution is -2.17. The van der Waals surface area contributed by atoms with E-state index in [1.54, 1.807) is 0 Å². The van der Waals surface area contributed by atoms with Gasteiger partial charge in [-0.2, -0.15) is 0 Å². The second-order valence-corrected chi connectivity index (χ2v) is 3.98. The molecule has 0 amide bonds. The predicted molar refractivity (Wildman–Crippen MR) is 54.3 cm³/mol. The molecule has 0 aromatic rings. The van der Waals surface area contributed by atoms with Crippen LogP contribution in [0.15, 0.2) is 0 Å². The summed E-state index contributed by atoms with van der Waals surface area (Å²) in [6, 6.07) is 0. The molecule has 3 heteroatoms. The first kappa shape index (κ1) is 11.5. The summed E-state index contributed by atoms with van der Waals surface area (Å²) in [6.07, 6.45) is 8.66. The van der Waals surface area contributed by atoms with Gasteiger partial charge in [0.15, 0.2) is 0 Å². The largest absolute Gasteiger partial charge is 0.481 e. The number of hydrogen-bond donors (Lipinski definition) is 1. The number of carbonyl (C=O) groups is 1. The molecule has 0 unspecified atom stereocenters. The van der Waals surface area contributed by atoms with Gasteiger partial charge in [0.25, 0.3) is 0 Å². The van der Waals surface area contributed by atoms with Crippen LogP contribution < -0.4 is 0 Å². The average Bonchev–Trinajstić information content (AvgIpc) is 2.18. The van der Waals surface area contributed by atoms with Crippen molar-refractivity contribution in [1.82, 2.24) is 0 Å². The topological polar surface area (TPSA) is 46.5 Å². The van der Waals surface area contributed by atoms with Crippen molar-refractivity contribution in [2.24, 2.45) is 0 Å². The summed E-state index contributed by atoms with van der Waals surface area (Å²) in [7, 11) is 0. The van der Waals surface area contributed by atoms with E-state index < -0.39 is 5.97 Å². The zero-order chi connectivity index (χ0) is 10.2. The van der Waals surface area contributed by atoms with Crippen molar-refractivity contribution in [2.75, 3.05) is 6.61 Å². The van der Waals surface area contributed by atoms with Crippen molar-refractivity contribution < 1.29 is 14.6 Å². The van der Waals surface area contributed by atoms with Crippen LogP contribution in [-0.2, 0) is 9.53 Å². The Balaban J connectivity index is 1.90. The van der Waals surface area contributed by atoms with Gasteiger partial charge >= 0.3 is 5.97 Å². The molecule has 0 saturated heterocycles. The highest BCUT2D eigenvalue weighted by molar-refractivity contribution is 5.66. The molecule has 82 valence electrons. The number of unbranched alkanes of at least 4 members (excludes halogenated alkanes) is 1. The lowest BCUT2D eigenvalue weighted by Gasteiger charge is -2.21. The maximum Gasteiger partial charge on any atom is 0.303 e. The third-order valence-corrected chi connectivity index (χ3v) is 2.69. The third-order valence-electron chi connectivity index (χ3n) is 2.69. The van der Waals surface area contributed by atoms with Gasteiger partial charge in [0.1, 0.15) is 0 Å². The van der Waals surface area contributed by atoms with Crippen molar-refractivity contribution in [1.29, 1.82) is 0 Å². The summed E-state index contributed by atoms with van der Waals surface area (Å²) in [5.74, 6) is -0.706. The first-order valence-corrected chi connectivity index (χ1v) is 5.62. The molecular formula is C11H20O3. The molecule has 3 nitrogen and oxygen atoms in total. The van der Waals surface area contributed by atoms with Gasteiger partial charge in [-0.1, -0.05) is 19.3 Å². The van der Waals surface area contributed by atoms with E-state index in [1.807, 2.05) is 0 Å². The van der Waals surface area contributed by atoms with E-state index in [9.17, 15) is 4.79 Å². The fraction of sp³-hybridized carbons (Fsp3) is 0.909. The highest BCUT2D eigenvalue weighted by Gasteiger charge is 2.12. The van der Waals surface area contributed by atoms with Crippen LogP contribution in [0.1, 0.15) is 51.4 Å². The summed E-state index contributed by atoms with van der Waals surface area (Å²) in [4.78, 5) is 10.2. The van der Waals surface area contributed by atoms with Gasteiger partial charge in [0, 0.05) is 13.0 Å². The van der Waals surface area contributed by atoms with Gasteiger partial charge in [0.2, 0.25) is 0 Å². The quantitative estimate of drug-likeness (QED) is 0.670. The number of carboxylic acids is 1.